The molecule has 2 aromatic heterocycles. The minimum atomic E-state index is -0.286. The average Bonchev–Trinajstić information content (AvgIpc) is 2.61. The molecule has 0 fully saturated rings. The van der Waals surface area contributed by atoms with Crippen molar-refractivity contribution in [1.29, 1.82) is 0 Å². The number of benzene rings is 1. The molecule has 1 amide bonds. The predicted molar refractivity (Wildman–Crippen MR) is 85.9 cm³/mol. The first-order chi connectivity index (χ1) is 11.2. The van der Waals surface area contributed by atoms with Gasteiger partial charge in [-0.05, 0) is 48.5 Å². The molecule has 0 bridgehead atoms. The van der Waals surface area contributed by atoms with E-state index in [0.29, 0.717) is 34.8 Å². The third kappa shape index (κ3) is 3.16. The molecule has 114 valence electrons. The lowest BCUT2D eigenvalue weighted by Crippen LogP contribution is -2.13. The number of ether oxygens (including phenoxy) is 1. The van der Waals surface area contributed by atoms with Crippen molar-refractivity contribution in [3.05, 3.63) is 59.8 Å². The van der Waals surface area contributed by atoms with Gasteiger partial charge in [0.2, 0.25) is 0 Å². The number of rotatable bonds is 4. The Labute approximate surface area is 132 Å². The zero-order chi connectivity index (χ0) is 16.2. The predicted octanol–water partition coefficient (Wildman–Crippen LogP) is 2.70. The van der Waals surface area contributed by atoms with Gasteiger partial charge in [-0.3, -0.25) is 9.59 Å². The monoisotopic (exact) mass is 307 g/mol. The molecular weight excluding hydrogens is 294 g/mol. The Morgan fingerprint density at radius 1 is 1.04 bits per heavy atom. The molecule has 0 aliphatic rings. The Balaban J connectivity index is 1.84. The van der Waals surface area contributed by atoms with Crippen LogP contribution in [0.25, 0.3) is 11.0 Å². The number of fused-ring (bicyclic) bond motifs is 1. The lowest BCUT2D eigenvalue weighted by atomic mass is 10.2. The highest BCUT2D eigenvalue weighted by atomic mass is 16.5. The van der Waals surface area contributed by atoms with Crippen molar-refractivity contribution >= 4 is 29.0 Å². The number of nitrogens with one attached hydrogen (secondary N) is 1. The van der Waals surface area contributed by atoms with Crippen LogP contribution >= 0.6 is 0 Å². The Kier molecular flexibility index (Phi) is 3.97. The molecule has 2 heterocycles. The molecule has 1 aromatic carbocycles. The fourth-order valence-electron chi connectivity index (χ4n) is 2.08. The standard InChI is InChI=1S/C17H13N3O3/c1-23-14-7-3-12(4-8-14)17(22)20-15-9-5-11-2-6-13(10-21)18-16(11)19-15/h2-10H,1H3,(H,18,19,20,22). The molecule has 3 aromatic rings. The smallest absolute Gasteiger partial charge is 0.256 e. The van der Waals surface area contributed by atoms with Gasteiger partial charge in [-0.25, -0.2) is 9.97 Å². The van der Waals surface area contributed by atoms with E-state index >= 15 is 0 Å². The van der Waals surface area contributed by atoms with Gasteiger partial charge in [-0.15, -0.1) is 0 Å². The van der Waals surface area contributed by atoms with Crippen molar-refractivity contribution < 1.29 is 14.3 Å². The first kappa shape index (κ1) is 14.6. The summed E-state index contributed by atoms with van der Waals surface area (Å²) in [4.78, 5) is 31.4. The third-order valence-electron chi connectivity index (χ3n) is 3.29. The fourth-order valence-corrected chi connectivity index (χ4v) is 2.08. The number of pyridine rings is 2. The van der Waals surface area contributed by atoms with Gasteiger partial charge in [-0.2, -0.15) is 0 Å². The number of carbonyl (C=O) groups excluding carboxylic acids is 2. The summed E-state index contributed by atoms with van der Waals surface area (Å²) in [5.41, 5.74) is 1.19. The summed E-state index contributed by atoms with van der Waals surface area (Å²) in [6.45, 7) is 0. The average molecular weight is 307 g/mol. The number of amides is 1. The van der Waals surface area contributed by atoms with Gasteiger partial charge in [0, 0.05) is 10.9 Å². The van der Waals surface area contributed by atoms with Crippen LogP contribution in [-0.4, -0.2) is 29.3 Å². The first-order valence-electron chi connectivity index (χ1n) is 6.88. The minimum absolute atomic E-state index is 0.286. The molecule has 0 spiro atoms. The summed E-state index contributed by atoms with van der Waals surface area (Å²) >= 11 is 0. The van der Waals surface area contributed by atoms with Gasteiger partial charge >= 0.3 is 0 Å². The quantitative estimate of drug-likeness (QED) is 0.749. The van der Waals surface area contributed by atoms with Gasteiger partial charge in [-0.1, -0.05) is 0 Å². The van der Waals surface area contributed by atoms with Gasteiger partial charge < -0.3 is 10.1 Å². The number of nitrogens with zero attached hydrogens (tertiary/aromatic N) is 2. The van der Waals surface area contributed by atoms with E-state index in [0.717, 1.165) is 5.39 Å². The van der Waals surface area contributed by atoms with E-state index in [-0.39, 0.29) is 5.91 Å². The summed E-state index contributed by atoms with van der Waals surface area (Å²) in [6.07, 6.45) is 0.656. The number of anilines is 1. The summed E-state index contributed by atoms with van der Waals surface area (Å²) in [5.74, 6) is 0.760. The van der Waals surface area contributed by atoms with Crippen molar-refractivity contribution in [3.63, 3.8) is 0 Å². The number of hydrogen-bond donors (Lipinski definition) is 1. The topological polar surface area (TPSA) is 81.2 Å². The molecule has 0 saturated carbocycles. The van der Waals surface area contributed by atoms with Crippen LogP contribution < -0.4 is 10.1 Å². The van der Waals surface area contributed by atoms with E-state index < -0.39 is 0 Å². The highest BCUT2D eigenvalue weighted by Crippen LogP contribution is 2.16. The third-order valence-corrected chi connectivity index (χ3v) is 3.29. The van der Waals surface area contributed by atoms with Gasteiger partial charge in [0.1, 0.15) is 17.3 Å². The van der Waals surface area contributed by atoms with Crippen LogP contribution in [0.2, 0.25) is 0 Å². The molecule has 0 aliphatic carbocycles. The SMILES string of the molecule is COc1ccc(C(=O)Nc2ccc3ccc(C=O)nc3n2)cc1. The van der Waals surface area contributed by atoms with E-state index in [4.69, 9.17) is 4.74 Å². The summed E-state index contributed by atoms with van der Waals surface area (Å²) < 4.78 is 5.06. The summed E-state index contributed by atoms with van der Waals surface area (Å²) in [6, 6.07) is 13.6. The van der Waals surface area contributed by atoms with Crippen LogP contribution in [0.4, 0.5) is 5.82 Å². The fraction of sp³-hybridized carbons (Fsp3) is 0.0588. The largest absolute Gasteiger partial charge is 0.497 e. The Morgan fingerprint density at radius 2 is 1.78 bits per heavy atom. The Hall–Kier alpha value is -3.28. The zero-order valence-electron chi connectivity index (χ0n) is 12.3. The van der Waals surface area contributed by atoms with Crippen molar-refractivity contribution in [1.82, 2.24) is 9.97 Å². The Bertz CT molecular complexity index is 876. The van der Waals surface area contributed by atoms with Crippen LogP contribution in [0.5, 0.6) is 5.75 Å². The second-order valence-electron chi connectivity index (χ2n) is 4.78. The lowest BCUT2D eigenvalue weighted by Gasteiger charge is -2.06. The summed E-state index contributed by atoms with van der Waals surface area (Å²) in [7, 11) is 1.56. The molecule has 0 saturated heterocycles. The molecular formula is C17H13N3O3. The van der Waals surface area contributed by atoms with E-state index in [1.807, 2.05) is 0 Å². The number of hydrogen-bond acceptors (Lipinski definition) is 5. The number of aldehydes is 1. The van der Waals surface area contributed by atoms with Crippen molar-refractivity contribution in [2.24, 2.45) is 0 Å². The van der Waals surface area contributed by atoms with Crippen LogP contribution in [0.1, 0.15) is 20.8 Å². The van der Waals surface area contributed by atoms with Crippen molar-refractivity contribution in [2.75, 3.05) is 12.4 Å². The van der Waals surface area contributed by atoms with Crippen LogP contribution in [0, 0.1) is 0 Å². The van der Waals surface area contributed by atoms with Crippen LogP contribution in [0.3, 0.4) is 0 Å². The molecule has 0 atom stereocenters. The molecule has 23 heavy (non-hydrogen) atoms. The molecule has 6 heteroatoms. The van der Waals surface area contributed by atoms with Gasteiger partial charge in [0.15, 0.2) is 11.9 Å². The molecule has 0 radical (unpaired) electrons. The molecule has 0 aliphatic heterocycles. The molecule has 0 unspecified atom stereocenters. The van der Waals surface area contributed by atoms with E-state index in [9.17, 15) is 9.59 Å². The van der Waals surface area contributed by atoms with Crippen molar-refractivity contribution in [2.45, 2.75) is 0 Å². The van der Waals surface area contributed by atoms with Gasteiger partial charge in [0.05, 0.1) is 7.11 Å². The van der Waals surface area contributed by atoms with E-state index in [1.54, 1.807) is 55.6 Å². The number of methoxy groups -OCH3 is 1. The second-order valence-corrected chi connectivity index (χ2v) is 4.78. The first-order valence-corrected chi connectivity index (χ1v) is 6.88. The zero-order valence-corrected chi connectivity index (χ0v) is 12.3. The molecule has 1 N–H and O–H groups in total. The molecule has 3 rings (SSSR count). The highest BCUT2D eigenvalue weighted by molar-refractivity contribution is 6.04. The van der Waals surface area contributed by atoms with Crippen molar-refractivity contribution in [3.8, 4) is 5.75 Å². The maximum absolute atomic E-state index is 12.2. The summed E-state index contributed by atoms with van der Waals surface area (Å²) in [5, 5.41) is 3.50. The van der Waals surface area contributed by atoms with E-state index in [1.165, 1.54) is 0 Å². The second kappa shape index (κ2) is 6.23. The van der Waals surface area contributed by atoms with Crippen LogP contribution in [-0.2, 0) is 0 Å². The minimum Gasteiger partial charge on any atom is -0.497 e. The van der Waals surface area contributed by atoms with Gasteiger partial charge in [0.25, 0.3) is 5.91 Å². The maximum Gasteiger partial charge on any atom is 0.256 e. The Morgan fingerprint density at radius 3 is 2.48 bits per heavy atom. The molecule has 6 nitrogen and oxygen atoms in total. The van der Waals surface area contributed by atoms with Crippen LogP contribution in [0.15, 0.2) is 48.5 Å². The highest BCUT2D eigenvalue weighted by Gasteiger charge is 2.08. The number of carbonyl (C=O) groups is 2. The number of aromatic nitrogens is 2. The maximum atomic E-state index is 12.2. The van der Waals surface area contributed by atoms with E-state index in [2.05, 4.69) is 15.3 Å². The lowest BCUT2D eigenvalue weighted by molar-refractivity contribution is 0.102. The normalized spacial score (nSPS) is 10.3.